The number of rotatable bonds is 3. The molecular weight excluding hydrogens is 569 g/mol. The number of furan rings is 1. The minimum absolute atomic E-state index is 0.0542. The summed E-state index contributed by atoms with van der Waals surface area (Å²) < 4.78 is 104. The average molecular weight is 608 g/mol. The molecule has 10 aromatic rings. The van der Waals surface area contributed by atoms with Crippen molar-refractivity contribution in [3.05, 3.63) is 170 Å². The molecule has 1 heterocycles. The second-order valence-electron chi connectivity index (χ2n) is 11.6. The lowest BCUT2D eigenvalue weighted by molar-refractivity contribution is 0.669. The van der Waals surface area contributed by atoms with Gasteiger partial charge in [0.15, 0.2) is 0 Å². The molecule has 0 aliphatic heterocycles. The molecule has 1 heteroatoms. The molecule has 9 aromatic carbocycles. The number of hydrogen-bond donors (Lipinski definition) is 0. The topological polar surface area (TPSA) is 13.1 Å². The molecule has 0 amide bonds. The lowest BCUT2D eigenvalue weighted by atomic mass is 9.83. The van der Waals surface area contributed by atoms with Crippen molar-refractivity contribution in [3.8, 4) is 33.4 Å². The van der Waals surface area contributed by atoms with Crippen molar-refractivity contribution in [2.24, 2.45) is 0 Å². The fourth-order valence-electron chi connectivity index (χ4n) is 6.95. The van der Waals surface area contributed by atoms with E-state index in [1.807, 2.05) is 84.9 Å². The molecule has 0 bridgehead atoms. The van der Waals surface area contributed by atoms with Crippen LogP contribution in [-0.4, -0.2) is 0 Å². The summed E-state index contributed by atoms with van der Waals surface area (Å²) in [6, 6.07) is 27.3. The van der Waals surface area contributed by atoms with Crippen LogP contribution in [0.4, 0.5) is 0 Å². The fraction of sp³-hybridized carbons (Fsp3) is 0. The van der Waals surface area contributed by atoms with E-state index in [-0.39, 0.29) is 21.9 Å². The van der Waals surface area contributed by atoms with Gasteiger partial charge in [-0.25, -0.2) is 0 Å². The quantitative estimate of drug-likeness (QED) is 0.182. The molecule has 0 radical (unpaired) electrons. The maximum Gasteiger partial charge on any atom is 0.136 e. The van der Waals surface area contributed by atoms with Crippen LogP contribution in [0.15, 0.2) is 174 Å². The van der Waals surface area contributed by atoms with E-state index in [1.165, 1.54) is 0 Å². The Morgan fingerprint density at radius 1 is 0.383 bits per heavy atom. The van der Waals surface area contributed by atoms with Crippen LogP contribution in [0.2, 0.25) is 0 Å². The Labute approximate surface area is 287 Å². The Morgan fingerprint density at radius 3 is 1.74 bits per heavy atom. The third-order valence-corrected chi connectivity index (χ3v) is 9.00. The summed E-state index contributed by atoms with van der Waals surface area (Å²) in [6.45, 7) is 0. The molecule has 1 nitrogen and oxygen atoms in total. The van der Waals surface area contributed by atoms with E-state index in [4.69, 9.17) is 15.4 Å². The summed E-state index contributed by atoms with van der Waals surface area (Å²) in [6.07, 6.45) is 0. The first-order chi connectivity index (χ1) is 27.9. The van der Waals surface area contributed by atoms with Crippen LogP contribution in [-0.2, 0) is 0 Å². The van der Waals surface area contributed by atoms with Crippen molar-refractivity contribution in [1.82, 2.24) is 0 Å². The summed E-state index contributed by atoms with van der Waals surface area (Å²) in [5.74, 6) is 0. The van der Waals surface area contributed by atoms with Gasteiger partial charge in [0.05, 0.1) is 15.1 Å². The lowest BCUT2D eigenvalue weighted by Crippen LogP contribution is -1.92. The molecule has 0 saturated heterocycles. The van der Waals surface area contributed by atoms with Gasteiger partial charge in [0, 0.05) is 10.8 Å². The van der Waals surface area contributed by atoms with Crippen molar-refractivity contribution in [1.29, 1.82) is 0 Å². The highest BCUT2D eigenvalue weighted by Crippen LogP contribution is 2.47. The van der Waals surface area contributed by atoms with Gasteiger partial charge in [-0.3, -0.25) is 0 Å². The second kappa shape index (κ2) is 10.2. The first-order valence-electron chi connectivity index (χ1n) is 20.8. The Morgan fingerprint density at radius 2 is 1.00 bits per heavy atom. The zero-order valence-corrected chi connectivity index (χ0v) is 24.7. The van der Waals surface area contributed by atoms with Gasteiger partial charge in [0.2, 0.25) is 0 Å². The molecule has 0 spiro atoms. The minimum Gasteiger partial charge on any atom is -0.456 e. The fourth-order valence-corrected chi connectivity index (χ4v) is 6.95. The van der Waals surface area contributed by atoms with Crippen LogP contribution >= 0.6 is 0 Å². The highest BCUT2D eigenvalue weighted by atomic mass is 16.3. The Kier molecular flexibility index (Phi) is 3.79. The van der Waals surface area contributed by atoms with Crippen LogP contribution < -0.4 is 0 Å². The molecule has 10 rings (SSSR count). The van der Waals surface area contributed by atoms with E-state index in [0.29, 0.717) is 21.9 Å². The van der Waals surface area contributed by atoms with Crippen molar-refractivity contribution < 1.29 is 19.5 Å². The Balaban J connectivity index is 1.36. The molecule has 218 valence electrons. The molecule has 0 aliphatic rings. The van der Waals surface area contributed by atoms with Gasteiger partial charge in [0.1, 0.15) is 11.2 Å². The smallest absolute Gasteiger partial charge is 0.136 e. The number of benzene rings is 9. The molecular formula is C46H28O. The molecule has 0 fully saturated rings. The van der Waals surface area contributed by atoms with E-state index in [2.05, 4.69) is 18.2 Å². The summed E-state index contributed by atoms with van der Waals surface area (Å²) in [5, 5.41) is 6.65. The van der Waals surface area contributed by atoms with Crippen molar-refractivity contribution >= 4 is 65.0 Å². The molecule has 1 aromatic heterocycles. The summed E-state index contributed by atoms with van der Waals surface area (Å²) in [5.41, 5.74) is 2.96. The van der Waals surface area contributed by atoms with E-state index >= 15 is 0 Å². The zero-order valence-electron chi connectivity index (χ0n) is 35.7. The highest BCUT2D eigenvalue weighted by molar-refractivity contribution is 6.24. The lowest BCUT2D eigenvalue weighted by Gasteiger charge is -2.19. The second-order valence-corrected chi connectivity index (χ2v) is 11.6. The molecule has 0 atom stereocenters. The minimum atomic E-state index is -0.652. The van der Waals surface area contributed by atoms with Gasteiger partial charge < -0.3 is 4.42 Å². The molecule has 0 N–H and O–H groups in total. The Bertz CT molecular complexity index is 3390. The first kappa shape index (κ1) is 17.5. The third-order valence-electron chi connectivity index (χ3n) is 9.00. The van der Waals surface area contributed by atoms with E-state index < -0.39 is 72.0 Å². The molecule has 47 heavy (non-hydrogen) atoms. The van der Waals surface area contributed by atoms with Gasteiger partial charge in [0.25, 0.3) is 0 Å². The van der Waals surface area contributed by atoms with Gasteiger partial charge >= 0.3 is 0 Å². The average Bonchev–Trinajstić information content (AvgIpc) is 3.59. The predicted octanol–water partition coefficient (Wildman–Crippen LogP) is 13.2. The predicted molar refractivity (Wildman–Crippen MR) is 200 cm³/mol. The van der Waals surface area contributed by atoms with Crippen LogP contribution in [0.1, 0.15) is 15.1 Å². The standard InChI is InChI=1S/C46H28O/c1-2-12-29(13-3-1)34-24-32-16-6-7-17-35(32)42(26-34)46-39-20-10-8-18-37(39)45(38-19-9-11-21-40(38)46)33-22-23-36-41-25-30-14-4-5-15-31(30)27-44(41)47-43(36)28-33/h1-28H/i1D,2D,3D,6D,7D,12D,13D,16D,17D,24D,26D. The highest BCUT2D eigenvalue weighted by Gasteiger charge is 2.20. The molecule has 0 unspecified atom stereocenters. The summed E-state index contributed by atoms with van der Waals surface area (Å²) in [7, 11) is 0. The van der Waals surface area contributed by atoms with Crippen LogP contribution in [0, 0.1) is 0 Å². The monoisotopic (exact) mass is 607 g/mol. The van der Waals surface area contributed by atoms with E-state index in [0.717, 1.165) is 49.0 Å². The van der Waals surface area contributed by atoms with Gasteiger partial charge in [-0.15, -0.1) is 0 Å². The van der Waals surface area contributed by atoms with Crippen molar-refractivity contribution in [2.75, 3.05) is 0 Å². The zero-order chi connectivity index (χ0) is 40.5. The van der Waals surface area contributed by atoms with Crippen LogP contribution in [0.3, 0.4) is 0 Å². The summed E-state index contributed by atoms with van der Waals surface area (Å²) >= 11 is 0. The van der Waals surface area contributed by atoms with Gasteiger partial charge in [-0.1, -0.05) is 133 Å². The number of fused-ring (bicyclic) bond motifs is 7. The van der Waals surface area contributed by atoms with Crippen LogP contribution in [0.25, 0.3) is 98.4 Å². The van der Waals surface area contributed by atoms with Gasteiger partial charge in [-0.05, 0) is 113 Å². The Hall–Kier alpha value is -6.18. The maximum atomic E-state index is 9.87. The normalized spacial score (nSPS) is 15.1. The maximum absolute atomic E-state index is 9.87. The summed E-state index contributed by atoms with van der Waals surface area (Å²) in [4.78, 5) is 0. The van der Waals surface area contributed by atoms with Crippen molar-refractivity contribution in [3.63, 3.8) is 0 Å². The third kappa shape index (κ3) is 4.03. The number of hydrogen-bond acceptors (Lipinski definition) is 1. The van der Waals surface area contributed by atoms with Crippen LogP contribution in [0.5, 0.6) is 0 Å². The van der Waals surface area contributed by atoms with E-state index in [1.54, 1.807) is 0 Å². The SMILES string of the molecule is [2H]c1c([2H])c([2H])c(-c2c([2H])c(-c3c4ccccc4c(-c4ccc5c(c4)oc4cc6ccccc6cc45)c4ccccc34)c3c([2H])c([2H])c([2H])c([2H])c3c2[2H])c([2H])c1[2H]. The molecule has 0 aliphatic carbocycles. The largest absolute Gasteiger partial charge is 0.456 e. The van der Waals surface area contributed by atoms with Crippen molar-refractivity contribution in [2.45, 2.75) is 0 Å². The molecule has 0 saturated carbocycles. The first-order valence-corrected chi connectivity index (χ1v) is 15.3. The van der Waals surface area contributed by atoms with E-state index in [9.17, 15) is 4.11 Å². The van der Waals surface area contributed by atoms with Gasteiger partial charge in [-0.2, -0.15) is 0 Å².